The largest absolute Gasteiger partial charge is 0.472 e. The van der Waals surface area contributed by atoms with Crippen molar-refractivity contribution in [2.45, 2.75) is 82.4 Å². The van der Waals surface area contributed by atoms with Crippen LogP contribution < -0.4 is 0 Å². The van der Waals surface area contributed by atoms with Gasteiger partial charge in [0, 0.05) is 16.6 Å². The first kappa shape index (κ1) is 27.3. The van der Waals surface area contributed by atoms with Gasteiger partial charge in [-0.25, -0.2) is 4.79 Å². The zero-order valence-electron chi connectivity index (χ0n) is 21.7. The molecule has 4 N–H and O–H groups in total. The zero-order chi connectivity index (χ0) is 27.4. The Bertz CT molecular complexity index is 1070. The molecule has 4 aliphatic rings. The molecule has 0 radical (unpaired) electrons. The summed E-state index contributed by atoms with van der Waals surface area (Å²) in [6, 6.07) is 1.77. The number of ether oxygens (including phenoxy) is 4. The number of aliphatic hydroxyl groups is 4. The van der Waals surface area contributed by atoms with E-state index in [4.69, 9.17) is 23.4 Å². The smallest absolute Gasteiger partial charge is 0.334 e. The predicted octanol–water partition coefficient (Wildman–Crippen LogP) is 0.995. The summed E-state index contributed by atoms with van der Waals surface area (Å²) in [6.07, 6.45) is -1.81. The number of allylic oxidation sites excluding steroid dienone is 1. The van der Waals surface area contributed by atoms with Crippen molar-refractivity contribution in [3.05, 3.63) is 35.8 Å². The number of rotatable bonds is 5. The van der Waals surface area contributed by atoms with Gasteiger partial charge < -0.3 is 43.8 Å². The van der Waals surface area contributed by atoms with Gasteiger partial charge in [0.1, 0.15) is 30.5 Å². The molecule has 3 fully saturated rings. The van der Waals surface area contributed by atoms with E-state index in [0.717, 1.165) is 5.56 Å². The maximum atomic E-state index is 13.5. The third-order valence-electron chi connectivity index (χ3n) is 9.45. The summed E-state index contributed by atoms with van der Waals surface area (Å²) < 4.78 is 28.2. The highest BCUT2D eigenvalue weighted by atomic mass is 16.7. The molecule has 0 amide bonds. The minimum absolute atomic E-state index is 0.157. The van der Waals surface area contributed by atoms with Crippen molar-refractivity contribution in [1.82, 2.24) is 0 Å². The lowest BCUT2D eigenvalue weighted by Crippen LogP contribution is -2.65. The van der Waals surface area contributed by atoms with Crippen molar-refractivity contribution >= 4 is 11.9 Å². The van der Waals surface area contributed by atoms with Crippen LogP contribution in [-0.4, -0.2) is 82.9 Å². The minimum Gasteiger partial charge on any atom is -0.472 e. The van der Waals surface area contributed by atoms with E-state index >= 15 is 0 Å². The van der Waals surface area contributed by atoms with Gasteiger partial charge in [-0.05, 0) is 43.1 Å². The number of fused-ring (bicyclic) bond motifs is 3. The Morgan fingerprint density at radius 2 is 1.95 bits per heavy atom. The second-order valence-corrected chi connectivity index (χ2v) is 11.3. The maximum Gasteiger partial charge on any atom is 0.334 e. The van der Waals surface area contributed by atoms with Crippen molar-refractivity contribution < 1.29 is 53.4 Å². The van der Waals surface area contributed by atoms with E-state index in [-0.39, 0.29) is 18.3 Å². The van der Waals surface area contributed by atoms with E-state index in [9.17, 15) is 30.0 Å². The van der Waals surface area contributed by atoms with Crippen molar-refractivity contribution in [3.8, 4) is 0 Å². The number of cyclic esters (lactones) is 1. The molecule has 38 heavy (non-hydrogen) atoms. The highest BCUT2D eigenvalue weighted by molar-refractivity contribution is 5.90. The lowest BCUT2D eigenvalue weighted by Gasteiger charge is -2.62. The van der Waals surface area contributed by atoms with E-state index in [2.05, 4.69) is 6.92 Å². The first-order valence-electron chi connectivity index (χ1n) is 13.0. The first-order chi connectivity index (χ1) is 18.1. The molecule has 1 aromatic rings. The fourth-order valence-electron chi connectivity index (χ4n) is 7.39. The first-order valence-corrected chi connectivity index (χ1v) is 13.0. The summed E-state index contributed by atoms with van der Waals surface area (Å²) in [5.41, 5.74) is -0.341. The van der Waals surface area contributed by atoms with Crippen LogP contribution in [0.5, 0.6) is 0 Å². The molecular formula is C27H36O11. The van der Waals surface area contributed by atoms with Crippen LogP contribution in [0.25, 0.3) is 0 Å². The number of aliphatic hydroxyl groups excluding tert-OH is 4. The van der Waals surface area contributed by atoms with Crippen molar-refractivity contribution in [2.24, 2.45) is 22.7 Å². The van der Waals surface area contributed by atoms with Gasteiger partial charge in [-0.2, -0.15) is 0 Å². The molecule has 1 saturated carbocycles. The fraction of sp³-hybridized carbons (Fsp3) is 0.704. The number of hydrogen-bond donors (Lipinski definition) is 4. The summed E-state index contributed by atoms with van der Waals surface area (Å²) in [4.78, 5) is 26.5. The molecule has 1 aromatic heterocycles. The molecule has 11 atom stereocenters. The van der Waals surface area contributed by atoms with Gasteiger partial charge in [-0.3, -0.25) is 4.79 Å². The minimum atomic E-state index is -1.62. The van der Waals surface area contributed by atoms with E-state index in [0.29, 0.717) is 24.8 Å². The van der Waals surface area contributed by atoms with Gasteiger partial charge in [0.2, 0.25) is 0 Å². The highest BCUT2D eigenvalue weighted by Gasteiger charge is 2.66. The molecule has 0 aromatic carbocycles. The molecule has 5 rings (SSSR count). The van der Waals surface area contributed by atoms with Crippen molar-refractivity contribution in [3.63, 3.8) is 0 Å². The summed E-state index contributed by atoms with van der Waals surface area (Å²) in [7, 11) is 1.31. The number of carbonyl (C=O) groups is 2. The Morgan fingerprint density at radius 3 is 2.61 bits per heavy atom. The lowest BCUT2D eigenvalue weighted by atomic mass is 9.44. The van der Waals surface area contributed by atoms with Crippen LogP contribution in [0.2, 0.25) is 0 Å². The third-order valence-corrected chi connectivity index (χ3v) is 9.45. The molecule has 2 aliphatic heterocycles. The maximum absolute atomic E-state index is 13.5. The number of hydrogen-bond acceptors (Lipinski definition) is 11. The Hall–Kier alpha value is -2.28. The van der Waals surface area contributed by atoms with Gasteiger partial charge in [-0.15, -0.1) is 0 Å². The number of esters is 2. The van der Waals surface area contributed by atoms with Gasteiger partial charge in [0.25, 0.3) is 0 Å². The third kappa shape index (κ3) is 4.11. The number of furan rings is 1. The molecule has 3 heterocycles. The van der Waals surface area contributed by atoms with Crippen molar-refractivity contribution in [2.75, 3.05) is 13.7 Å². The molecule has 210 valence electrons. The second kappa shape index (κ2) is 10.0. The topological polar surface area (TPSA) is 165 Å². The average Bonchev–Trinajstić information content (AvgIpc) is 3.44. The van der Waals surface area contributed by atoms with Crippen LogP contribution in [0.15, 0.2) is 34.7 Å². The van der Waals surface area contributed by atoms with E-state index in [1.807, 2.05) is 13.0 Å². The van der Waals surface area contributed by atoms with Crippen molar-refractivity contribution in [1.29, 1.82) is 0 Å². The fourth-order valence-corrected chi connectivity index (χ4v) is 7.39. The van der Waals surface area contributed by atoms with Crippen LogP contribution in [0.1, 0.15) is 51.2 Å². The monoisotopic (exact) mass is 536 g/mol. The normalized spacial score (nSPS) is 44.9. The zero-order valence-corrected chi connectivity index (χ0v) is 21.7. The van der Waals surface area contributed by atoms with Gasteiger partial charge >= 0.3 is 11.9 Å². The summed E-state index contributed by atoms with van der Waals surface area (Å²) >= 11 is 0. The van der Waals surface area contributed by atoms with E-state index in [1.165, 1.54) is 13.4 Å². The average molecular weight is 537 g/mol. The Morgan fingerprint density at radius 1 is 1.18 bits per heavy atom. The molecular weight excluding hydrogens is 500 g/mol. The second-order valence-electron chi connectivity index (χ2n) is 11.3. The van der Waals surface area contributed by atoms with Crippen LogP contribution in [0.4, 0.5) is 0 Å². The Kier molecular flexibility index (Phi) is 7.21. The van der Waals surface area contributed by atoms with Crippen LogP contribution in [0.3, 0.4) is 0 Å². The van der Waals surface area contributed by atoms with Gasteiger partial charge in [0.15, 0.2) is 6.29 Å². The molecule has 0 unspecified atom stereocenters. The SMILES string of the molecule is COC(=O)C1=CCC[C@H]2[C@]3(C)C[C@@H](c4ccoc4)OC(=O)[C@@H]3C[C@@H](O[C@H]3O[C@@H](CO)[C@H](O)[C@@H](O)[C@H]3O)[C@@]12C. The van der Waals surface area contributed by atoms with Crippen LogP contribution >= 0.6 is 0 Å². The van der Waals surface area contributed by atoms with Crippen LogP contribution in [0, 0.1) is 22.7 Å². The van der Waals surface area contributed by atoms with E-state index < -0.39 is 72.2 Å². The number of carbonyl (C=O) groups excluding carboxylic acids is 2. The molecule has 2 saturated heterocycles. The van der Waals surface area contributed by atoms with Gasteiger partial charge in [0.05, 0.1) is 38.3 Å². The van der Waals surface area contributed by atoms with Crippen LogP contribution in [-0.2, 0) is 28.5 Å². The quantitative estimate of drug-likeness (QED) is 0.397. The number of methoxy groups -OCH3 is 1. The molecule has 11 heteroatoms. The Labute approximate surface area is 220 Å². The molecule has 2 aliphatic carbocycles. The highest BCUT2D eigenvalue weighted by Crippen LogP contribution is 2.65. The molecule has 0 spiro atoms. The molecule has 0 bridgehead atoms. The van der Waals surface area contributed by atoms with Gasteiger partial charge in [-0.1, -0.05) is 19.9 Å². The molecule has 11 nitrogen and oxygen atoms in total. The Balaban J connectivity index is 1.54. The lowest BCUT2D eigenvalue weighted by molar-refractivity contribution is -0.329. The standard InChI is InChI=1S/C27H36O11/c1-26-10-16(13-7-8-35-12-13)36-24(33)15(26)9-19(27(2)14(23(32)34-3)5-4-6-18(26)27)38-25-22(31)21(30)20(29)17(11-28)37-25/h5,7-8,12,15-22,25,28-31H,4,6,9-11H2,1-3H3/t15-,16-,17-,18-,19+,20-,21+,22+,25+,26+,27-/m0/s1. The summed E-state index contributed by atoms with van der Waals surface area (Å²) in [5.74, 6) is -1.68. The summed E-state index contributed by atoms with van der Waals surface area (Å²) in [5, 5.41) is 40.8. The van der Waals surface area contributed by atoms with E-state index in [1.54, 1.807) is 12.3 Å². The predicted molar refractivity (Wildman–Crippen MR) is 128 cm³/mol. The summed E-state index contributed by atoms with van der Waals surface area (Å²) in [6.45, 7) is 3.35.